The molecule has 0 unspecified atom stereocenters. The largest absolute Gasteiger partial charge is 0.478 e. The van der Waals surface area contributed by atoms with E-state index in [4.69, 9.17) is 5.11 Å². The van der Waals surface area contributed by atoms with Crippen molar-refractivity contribution in [2.45, 2.75) is 19.9 Å². The SMILES string of the molecule is CC(C)N(C)S(=O)(=O)Nc1cc(C(=O)O)ccn1. The summed E-state index contributed by atoms with van der Waals surface area (Å²) < 4.78 is 27.0. The number of anilines is 1. The lowest BCUT2D eigenvalue weighted by molar-refractivity contribution is 0.0697. The molecule has 1 rings (SSSR count). The summed E-state index contributed by atoms with van der Waals surface area (Å²) in [4.78, 5) is 14.5. The lowest BCUT2D eigenvalue weighted by Gasteiger charge is -2.21. The zero-order valence-corrected chi connectivity index (χ0v) is 11.1. The van der Waals surface area contributed by atoms with Gasteiger partial charge in [0.2, 0.25) is 0 Å². The lowest BCUT2D eigenvalue weighted by Crippen LogP contribution is -2.37. The van der Waals surface area contributed by atoms with Gasteiger partial charge in [-0.3, -0.25) is 4.72 Å². The van der Waals surface area contributed by atoms with Crippen LogP contribution in [-0.2, 0) is 10.2 Å². The van der Waals surface area contributed by atoms with Crippen molar-refractivity contribution in [2.24, 2.45) is 0 Å². The summed E-state index contributed by atoms with van der Waals surface area (Å²) in [7, 11) is -2.30. The smallest absolute Gasteiger partial charge is 0.335 e. The number of pyridine rings is 1. The van der Waals surface area contributed by atoms with Crippen molar-refractivity contribution in [3.8, 4) is 0 Å². The summed E-state index contributed by atoms with van der Waals surface area (Å²) >= 11 is 0. The molecule has 0 saturated heterocycles. The minimum atomic E-state index is -3.73. The van der Waals surface area contributed by atoms with E-state index in [1.165, 1.54) is 19.3 Å². The first kappa shape index (κ1) is 14.4. The lowest BCUT2D eigenvalue weighted by atomic mass is 10.3. The molecule has 0 fully saturated rings. The maximum Gasteiger partial charge on any atom is 0.335 e. The standard InChI is InChI=1S/C10H15N3O4S/c1-7(2)13(3)18(16,17)12-9-6-8(10(14)15)4-5-11-9/h4-7H,1-3H3,(H,11,12)(H,14,15). The highest BCUT2D eigenvalue weighted by Gasteiger charge is 2.21. The summed E-state index contributed by atoms with van der Waals surface area (Å²) in [5.41, 5.74) is -0.0325. The van der Waals surface area contributed by atoms with Gasteiger partial charge in [0.15, 0.2) is 0 Å². The topological polar surface area (TPSA) is 99.6 Å². The Kier molecular flexibility index (Phi) is 4.25. The molecule has 0 radical (unpaired) electrons. The molecule has 100 valence electrons. The maximum atomic E-state index is 11.8. The Bertz CT molecular complexity index is 542. The van der Waals surface area contributed by atoms with E-state index in [1.54, 1.807) is 13.8 Å². The van der Waals surface area contributed by atoms with E-state index in [2.05, 4.69) is 9.71 Å². The highest BCUT2D eigenvalue weighted by atomic mass is 32.2. The summed E-state index contributed by atoms with van der Waals surface area (Å²) in [6.45, 7) is 3.45. The Morgan fingerprint density at radius 1 is 1.50 bits per heavy atom. The second-order valence-corrected chi connectivity index (χ2v) is 5.68. The summed E-state index contributed by atoms with van der Waals surface area (Å²) in [5.74, 6) is -1.17. The molecule has 0 amide bonds. The predicted molar refractivity (Wildman–Crippen MR) is 66.6 cm³/mol. The van der Waals surface area contributed by atoms with E-state index in [-0.39, 0.29) is 17.4 Å². The fourth-order valence-corrected chi connectivity index (χ4v) is 2.18. The Hall–Kier alpha value is -1.67. The Morgan fingerprint density at radius 3 is 2.61 bits per heavy atom. The zero-order valence-electron chi connectivity index (χ0n) is 10.3. The number of carbonyl (C=O) groups is 1. The number of carboxylic acids is 1. The number of rotatable bonds is 5. The molecule has 0 saturated carbocycles. The Balaban J connectivity index is 2.98. The number of aromatic carboxylic acids is 1. The molecule has 1 aromatic rings. The van der Waals surface area contributed by atoms with E-state index in [0.717, 1.165) is 10.4 Å². The van der Waals surface area contributed by atoms with Crippen LogP contribution in [0.5, 0.6) is 0 Å². The summed E-state index contributed by atoms with van der Waals surface area (Å²) in [5, 5.41) is 8.79. The van der Waals surface area contributed by atoms with E-state index in [0.29, 0.717) is 0 Å². The number of aromatic nitrogens is 1. The van der Waals surface area contributed by atoms with Gasteiger partial charge in [0.05, 0.1) is 5.56 Å². The van der Waals surface area contributed by atoms with Crippen molar-refractivity contribution in [2.75, 3.05) is 11.8 Å². The highest BCUT2D eigenvalue weighted by Crippen LogP contribution is 2.11. The van der Waals surface area contributed by atoms with E-state index in [9.17, 15) is 13.2 Å². The van der Waals surface area contributed by atoms with Crippen LogP contribution < -0.4 is 4.72 Å². The van der Waals surface area contributed by atoms with Crippen LogP contribution in [0.1, 0.15) is 24.2 Å². The third kappa shape index (κ3) is 3.41. The van der Waals surface area contributed by atoms with Gasteiger partial charge >= 0.3 is 16.2 Å². The van der Waals surface area contributed by atoms with Gasteiger partial charge in [-0.15, -0.1) is 0 Å². The first-order chi connectivity index (χ1) is 8.24. The van der Waals surface area contributed by atoms with Gasteiger partial charge in [-0.2, -0.15) is 12.7 Å². The average molecular weight is 273 g/mol. The molecule has 0 aliphatic carbocycles. The average Bonchev–Trinajstić information content (AvgIpc) is 2.27. The van der Waals surface area contributed by atoms with Crippen molar-refractivity contribution in [1.29, 1.82) is 0 Å². The normalized spacial score (nSPS) is 11.8. The molecule has 0 atom stereocenters. The van der Waals surface area contributed by atoms with Gasteiger partial charge in [0, 0.05) is 19.3 Å². The zero-order chi connectivity index (χ0) is 13.9. The molecule has 0 bridgehead atoms. The molecule has 7 nitrogen and oxygen atoms in total. The van der Waals surface area contributed by atoms with E-state index in [1.807, 2.05) is 0 Å². The molecule has 2 N–H and O–H groups in total. The molecule has 1 heterocycles. The number of nitrogens with zero attached hydrogens (tertiary/aromatic N) is 2. The van der Waals surface area contributed by atoms with Crippen LogP contribution in [-0.4, -0.2) is 41.9 Å². The number of hydrogen-bond donors (Lipinski definition) is 2. The van der Waals surface area contributed by atoms with E-state index < -0.39 is 16.2 Å². The van der Waals surface area contributed by atoms with Crippen LogP contribution in [0.4, 0.5) is 5.82 Å². The minimum absolute atomic E-state index is 0.0256. The van der Waals surface area contributed by atoms with Crippen LogP contribution in [0, 0.1) is 0 Å². The van der Waals surface area contributed by atoms with Crippen LogP contribution in [0.15, 0.2) is 18.3 Å². The number of hydrogen-bond acceptors (Lipinski definition) is 4. The van der Waals surface area contributed by atoms with Crippen molar-refractivity contribution < 1.29 is 18.3 Å². The summed E-state index contributed by atoms with van der Waals surface area (Å²) in [6, 6.07) is 2.23. The minimum Gasteiger partial charge on any atom is -0.478 e. The fraction of sp³-hybridized carbons (Fsp3) is 0.400. The third-order valence-corrected chi connectivity index (χ3v) is 3.99. The van der Waals surface area contributed by atoms with Crippen LogP contribution in [0.2, 0.25) is 0 Å². The van der Waals surface area contributed by atoms with Gasteiger partial charge in [0.1, 0.15) is 5.82 Å². The number of carboxylic acid groups (broad SMARTS) is 1. The third-order valence-electron chi connectivity index (χ3n) is 2.35. The fourth-order valence-electron chi connectivity index (χ4n) is 1.10. The Labute approximate surface area is 106 Å². The second kappa shape index (κ2) is 5.32. The quantitative estimate of drug-likeness (QED) is 0.825. The maximum absolute atomic E-state index is 11.8. The molecular formula is C10H15N3O4S. The first-order valence-electron chi connectivity index (χ1n) is 5.19. The first-order valence-corrected chi connectivity index (χ1v) is 6.63. The predicted octanol–water partition coefficient (Wildman–Crippen LogP) is 0.777. The molecule has 0 aromatic carbocycles. The molecule has 0 spiro atoms. The molecular weight excluding hydrogens is 258 g/mol. The van der Waals surface area contributed by atoms with Gasteiger partial charge < -0.3 is 5.11 Å². The molecule has 0 aliphatic rings. The van der Waals surface area contributed by atoms with E-state index >= 15 is 0 Å². The monoisotopic (exact) mass is 273 g/mol. The van der Waals surface area contributed by atoms with Crippen molar-refractivity contribution in [1.82, 2.24) is 9.29 Å². The molecule has 18 heavy (non-hydrogen) atoms. The molecule has 0 aliphatic heterocycles. The Morgan fingerprint density at radius 2 is 2.11 bits per heavy atom. The van der Waals surface area contributed by atoms with Crippen LogP contribution in [0.25, 0.3) is 0 Å². The molecule has 8 heteroatoms. The van der Waals surface area contributed by atoms with Crippen molar-refractivity contribution in [3.05, 3.63) is 23.9 Å². The van der Waals surface area contributed by atoms with Gasteiger partial charge in [-0.25, -0.2) is 9.78 Å². The second-order valence-electron chi connectivity index (χ2n) is 3.95. The van der Waals surface area contributed by atoms with Crippen molar-refractivity contribution in [3.63, 3.8) is 0 Å². The van der Waals surface area contributed by atoms with Gasteiger partial charge in [-0.1, -0.05) is 0 Å². The van der Waals surface area contributed by atoms with Crippen LogP contribution in [0.3, 0.4) is 0 Å². The number of nitrogens with one attached hydrogen (secondary N) is 1. The van der Waals surface area contributed by atoms with Crippen LogP contribution >= 0.6 is 0 Å². The van der Waals surface area contributed by atoms with Gasteiger partial charge in [0.25, 0.3) is 0 Å². The summed E-state index contributed by atoms with van der Waals surface area (Å²) in [6.07, 6.45) is 1.23. The van der Waals surface area contributed by atoms with Gasteiger partial charge in [-0.05, 0) is 26.0 Å². The highest BCUT2D eigenvalue weighted by molar-refractivity contribution is 7.90. The molecule has 1 aromatic heterocycles. The van der Waals surface area contributed by atoms with Crippen molar-refractivity contribution >= 4 is 22.0 Å².